The molecule has 0 unspecified atom stereocenters. The number of fused-ring (bicyclic) bond motifs is 1. The van der Waals surface area contributed by atoms with Crippen LogP contribution in [0.2, 0.25) is 0 Å². The summed E-state index contributed by atoms with van der Waals surface area (Å²) >= 11 is 0. The van der Waals surface area contributed by atoms with Crippen molar-refractivity contribution in [2.45, 2.75) is 52.4 Å². The summed E-state index contributed by atoms with van der Waals surface area (Å²) in [5, 5.41) is 23.4. The lowest BCUT2D eigenvalue weighted by Crippen LogP contribution is -2.13. The van der Waals surface area contributed by atoms with Gasteiger partial charge in [-0.05, 0) is 49.7 Å². The smallest absolute Gasteiger partial charge is 0.340 e. The second-order valence-electron chi connectivity index (χ2n) is 10.2. The second kappa shape index (κ2) is 16.0. The average Bonchev–Trinajstić information content (AvgIpc) is 3.04. The van der Waals surface area contributed by atoms with Crippen LogP contribution in [0, 0.1) is 0 Å². The molecule has 4 aromatic rings. The van der Waals surface area contributed by atoms with Crippen molar-refractivity contribution in [3.8, 4) is 5.75 Å². The third-order valence-electron chi connectivity index (χ3n) is 6.99. The van der Waals surface area contributed by atoms with E-state index in [0.717, 1.165) is 19.3 Å². The van der Waals surface area contributed by atoms with Crippen molar-refractivity contribution < 1.29 is 29.0 Å². The molecule has 4 aromatic carbocycles. The number of ether oxygens (including phenoxy) is 2. The van der Waals surface area contributed by atoms with Crippen molar-refractivity contribution in [3.63, 3.8) is 0 Å². The zero-order valence-electron chi connectivity index (χ0n) is 25.0. The van der Waals surface area contributed by atoms with Crippen LogP contribution in [0.3, 0.4) is 0 Å². The monoisotopic (exact) mass is 595 g/mol. The van der Waals surface area contributed by atoms with E-state index < -0.39 is 17.8 Å². The molecular formula is C35H37N3O6. The number of unbranched alkanes of at least 4 members (excludes halogenated alkanes) is 5. The number of carbonyl (C=O) groups excluding carboxylic acids is 3. The number of azo groups is 1. The molecule has 0 saturated heterocycles. The van der Waals surface area contributed by atoms with E-state index >= 15 is 0 Å². The molecule has 0 aliphatic rings. The highest BCUT2D eigenvalue weighted by Crippen LogP contribution is 2.37. The Morgan fingerprint density at radius 1 is 0.705 bits per heavy atom. The van der Waals surface area contributed by atoms with Gasteiger partial charge in [0.1, 0.15) is 11.4 Å². The number of hydrogen-bond acceptors (Lipinski definition) is 8. The Kier molecular flexibility index (Phi) is 11.6. The van der Waals surface area contributed by atoms with E-state index in [9.17, 15) is 19.5 Å². The van der Waals surface area contributed by atoms with Crippen LogP contribution in [-0.2, 0) is 9.47 Å². The number of carbonyl (C=O) groups is 3. The van der Waals surface area contributed by atoms with Crippen molar-refractivity contribution in [2.24, 2.45) is 10.2 Å². The molecule has 0 radical (unpaired) electrons. The lowest BCUT2D eigenvalue weighted by molar-refractivity contribution is 0.0495. The first-order valence-electron chi connectivity index (χ1n) is 14.9. The highest BCUT2D eigenvalue weighted by molar-refractivity contribution is 6.12. The number of phenols is 1. The standard InChI is InChI=1S/C35H37N3O6/c1-3-5-6-7-8-13-21-44-34(41)24-15-14-16-25(22-24)36-33(40)29-23-31(26-17-9-10-18-27(26)32(29)39)38-37-30-20-12-11-19-28(30)35(42)43-4-2/h9-12,14-20,22-23,39H,3-8,13,21H2,1-2H3,(H,36,40). The number of anilines is 1. The number of esters is 2. The Labute approximate surface area is 256 Å². The summed E-state index contributed by atoms with van der Waals surface area (Å²) in [7, 11) is 0. The Balaban J connectivity index is 1.53. The Bertz CT molecular complexity index is 1650. The number of rotatable bonds is 14. The molecule has 0 aliphatic carbocycles. The number of phenolic OH excluding ortho intramolecular Hbond substituents is 1. The summed E-state index contributed by atoms with van der Waals surface area (Å²) in [5.41, 5.74) is 1.51. The molecule has 0 fully saturated rings. The first kappa shape index (κ1) is 31.9. The molecule has 0 saturated carbocycles. The van der Waals surface area contributed by atoms with Gasteiger partial charge in [0, 0.05) is 16.5 Å². The molecular weight excluding hydrogens is 558 g/mol. The molecule has 2 N–H and O–H groups in total. The minimum Gasteiger partial charge on any atom is -0.506 e. The number of benzene rings is 4. The first-order valence-corrected chi connectivity index (χ1v) is 14.9. The van der Waals surface area contributed by atoms with Gasteiger partial charge in [-0.2, -0.15) is 0 Å². The van der Waals surface area contributed by atoms with Gasteiger partial charge in [-0.15, -0.1) is 10.2 Å². The molecule has 0 aromatic heterocycles. The maximum absolute atomic E-state index is 13.4. The molecule has 9 nitrogen and oxygen atoms in total. The number of nitrogens with zero attached hydrogens (tertiary/aromatic N) is 2. The second-order valence-corrected chi connectivity index (χ2v) is 10.2. The quantitative estimate of drug-likeness (QED) is 0.0851. The maximum Gasteiger partial charge on any atom is 0.340 e. The molecule has 0 aliphatic heterocycles. The summed E-state index contributed by atoms with van der Waals surface area (Å²) in [4.78, 5) is 38.4. The SMILES string of the molecule is CCCCCCCCOC(=O)c1cccc(NC(=O)c2cc(N=Nc3ccccc3C(=O)OCC)c3ccccc3c2O)c1. The van der Waals surface area contributed by atoms with Gasteiger partial charge >= 0.3 is 11.9 Å². The number of amides is 1. The van der Waals surface area contributed by atoms with Gasteiger partial charge in [-0.25, -0.2) is 9.59 Å². The topological polar surface area (TPSA) is 127 Å². The van der Waals surface area contributed by atoms with Crippen LogP contribution in [-0.4, -0.2) is 36.2 Å². The Morgan fingerprint density at radius 2 is 1.41 bits per heavy atom. The van der Waals surface area contributed by atoms with Crippen LogP contribution in [0.1, 0.15) is 83.4 Å². The van der Waals surface area contributed by atoms with Crippen molar-refractivity contribution in [1.82, 2.24) is 0 Å². The normalized spacial score (nSPS) is 11.0. The molecule has 1 amide bonds. The molecule has 228 valence electrons. The van der Waals surface area contributed by atoms with Crippen molar-refractivity contribution in [1.29, 1.82) is 0 Å². The zero-order valence-corrected chi connectivity index (χ0v) is 25.0. The van der Waals surface area contributed by atoms with Gasteiger partial charge in [0.25, 0.3) is 5.91 Å². The first-order chi connectivity index (χ1) is 21.4. The highest BCUT2D eigenvalue weighted by atomic mass is 16.5. The third kappa shape index (κ3) is 8.28. The van der Waals surface area contributed by atoms with E-state index in [2.05, 4.69) is 22.5 Å². The van der Waals surface area contributed by atoms with E-state index in [1.54, 1.807) is 73.7 Å². The van der Waals surface area contributed by atoms with E-state index in [1.165, 1.54) is 31.4 Å². The van der Waals surface area contributed by atoms with Crippen LogP contribution >= 0.6 is 0 Å². The number of nitrogens with one attached hydrogen (secondary N) is 1. The summed E-state index contributed by atoms with van der Waals surface area (Å²) < 4.78 is 10.5. The minimum atomic E-state index is -0.603. The summed E-state index contributed by atoms with van der Waals surface area (Å²) in [6.07, 6.45) is 6.53. The largest absolute Gasteiger partial charge is 0.506 e. The van der Waals surface area contributed by atoms with E-state index in [4.69, 9.17) is 9.47 Å². The molecule has 44 heavy (non-hydrogen) atoms. The van der Waals surface area contributed by atoms with Crippen LogP contribution in [0.4, 0.5) is 17.1 Å². The number of hydrogen-bond donors (Lipinski definition) is 2. The highest BCUT2D eigenvalue weighted by Gasteiger charge is 2.19. The van der Waals surface area contributed by atoms with Crippen molar-refractivity contribution >= 4 is 45.7 Å². The summed E-state index contributed by atoms with van der Waals surface area (Å²) in [6.45, 7) is 4.45. The molecule has 0 spiro atoms. The molecule has 0 atom stereocenters. The van der Waals surface area contributed by atoms with Gasteiger partial charge < -0.3 is 19.9 Å². The van der Waals surface area contributed by atoms with Crippen molar-refractivity contribution in [2.75, 3.05) is 18.5 Å². The van der Waals surface area contributed by atoms with Gasteiger partial charge in [-0.3, -0.25) is 4.79 Å². The molecule has 0 bridgehead atoms. The van der Waals surface area contributed by atoms with Gasteiger partial charge in [0.05, 0.1) is 35.6 Å². The van der Waals surface area contributed by atoms with Crippen LogP contribution < -0.4 is 5.32 Å². The fourth-order valence-corrected chi connectivity index (χ4v) is 4.70. The predicted octanol–water partition coefficient (Wildman–Crippen LogP) is 8.91. The third-order valence-corrected chi connectivity index (χ3v) is 6.99. The van der Waals surface area contributed by atoms with Gasteiger partial charge in [0.15, 0.2) is 0 Å². The Morgan fingerprint density at radius 3 is 2.20 bits per heavy atom. The lowest BCUT2D eigenvalue weighted by atomic mass is 10.0. The van der Waals surface area contributed by atoms with Crippen molar-refractivity contribution in [3.05, 3.63) is 95.6 Å². The maximum atomic E-state index is 13.4. The zero-order chi connectivity index (χ0) is 31.3. The predicted molar refractivity (Wildman–Crippen MR) is 170 cm³/mol. The Hall–Kier alpha value is -5.05. The van der Waals surface area contributed by atoms with E-state index in [0.29, 0.717) is 40.0 Å². The van der Waals surface area contributed by atoms with Crippen LogP contribution in [0.25, 0.3) is 10.8 Å². The number of aromatic hydroxyl groups is 1. The molecule has 4 rings (SSSR count). The van der Waals surface area contributed by atoms with Gasteiger partial charge in [-0.1, -0.05) is 81.5 Å². The fraction of sp³-hybridized carbons (Fsp3) is 0.286. The summed E-state index contributed by atoms with van der Waals surface area (Å²) in [6, 6.07) is 21.5. The van der Waals surface area contributed by atoms with E-state index in [1.807, 2.05) is 0 Å². The van der Waals surface area contributed by atoms with Crippen LogP contribution in [0.15, 0.2) is 89.1 Å². The minimum absolute atomic E-state index is 0.0348. The summed E-state index contributed by atoms with van der Waals surface area (Å²) in [5.74, 6) is -1.81. The van der Waals surface area contributed by atoms with Gasteiger partial charge in [0.2, 0.25) is 0 Å². The fourth-order valence-electron chi connectivity index (χ4n) is 4.70. The van der Waals surface area contributed by atoms with E-state index in [-0.39, 0.29) is 23.5 Å². The molecule has 0 heterocycles. The average molecular weight is 596 g/mol. The van der Waals surface area contributed by atoms with Crippen LogP contribution in [0.5, 0.6) is 5.75 Å². The lowest BCUT2D eigenvalue weighted by Gasteiger charge is -2.12. The molecule has 9 heteroatoms.